The van der Waals surface area contributed by atoms with Gasteiger partial charge in [-0.05, 0) is 56.9 Å². The maximum Gasteiger partial charge on any atom is 0.347 e. The van der Waals surface area contributed by atoms with Gasteiger partial charge in [-0.1, -0.05) is 39.0 Å². The molecule has 8 nitrogen and oxygen atoms in total. The smallest absolute Gasteiger partial charge is 0.347 e. The molecule has 3 rings (SSSR count). The molecule has 36 heavy (non-hydrogen) atoms. The summed E-state index contributed by atoms with van der Waals surface area (Å²) in [5.74, 6) is -1.29. The fourth-order valence-electron chi connectivity index (χ4n) is 6.24. The van der Waals surface area contributed by atoms with E-state index in [1.807, 2.05) is 13.8 Å². The van der Waals surface area contributed by atoms with E-state index in [2.05, 4.69) is 19.6 Å². The average molecular weight is 509 g/mol. The van der Waals surface area contributed by atoms with E-state index in [0.29, 0.717) is 18.4 Å². The van der Waals surface area contributed by atoms with Crippen LogP contribution >= 0.6 is 0 Å². The lowest BCUT2D eigenvalue weighted by atomic mass is 9.62. The van der Waals surface area contributed by atoms with E-state index in [1.165, 1.54) is 0 Å². The molecule has 3 N–H and O–H groups in total. The highest BCUT2D eigenvalue weighted by Gasteiger charge is 2.60. The van der Waals surface area contributed by atoms with Crippen LogP contribution in [-0.4, -0.2) is 70.0 Å². The second kappa shape index (κ2) is 11.8. The highest BCUT2D eigenvalue weighted by molar-refractivity contribution is 5.79. The molecule has 0 aromatic heterocycles. The molecule has 0 amide bonds. The van der Waals surface area contributed by atoms with Crippen LogP contribution in [0.5, 0.6) is 0 Å². The fraction of sp³-hybridized carbons (Fsp3) is 0.786. The third kappa shape index (κ3) is 5.72. The van der Waals surface area contributed by atoms with Gasteiger partial charge in [0.25, 0.3) is 0 Å². The highest BCUT2D eigenvalue weighted by Crippen LogP contribution is 2.53. The van der Waals surface area contributed by atoms with Crippen molar-refractivity contribution < 1.29 is 39.1 Å². The number of aliphatic hydroxyl groups excluding tert-OH is 2. The minimum Gasteiger partial charge on any atom is -0.456 e. The normalized spacial score (nSPS) is 38.1. The van der Waals surface area contributed by atoms with Gasteiger partial charge in [0, 0.05) is 31.3 Å². The number of hydrogen-bond donors (Lipinski definition) is 3. The van der Waals surface area contributed by atoms with Gasteiger partial charge >= 0.3 is 11.9 Å². The number of hydrogen-bond acceptors (Lipinski definition) is 8. The number of ether oxygens (including phenoxy) is 3. The summed E-state index contributed by atoms with van der Waals surface area (Å²) in [5, 5.41) is 32.9. The average Bonchev–Trinajstić information content (AvgIpc) is 3.22. The summed E-state index contributed by atoms with van der Waals surface area (Å²) in [5.41, 5.74) is 0.0788. The minimum absolute atomic E-state index is 0.00832. The van der Waals surface area contributed by atoms with Gasteiger partial charge in [-0.2, -0.15) is 0 Å². The van der Waals surface area contributed by atoms with Crippen LogP contribution in [0.1, 0.15) is 73.1 Å². The van der Waals surface area contributed by atoms with Crippen LogP contribution in [0.2, 0.25) is 0 Å². The molecular formula is C28H44O8. The summed E-state index contributed by atoms with van der Waals surface area (Å²) in [4.78, 5) is 25.1. The fourth-order valence-corrected chi connectivity index (χ4v) is 6.24. The molecule has 2 fully saturated rings. The molecule has 2 saturated heterocycles. The van der Waals surface area contributed by atoms with E-state index in [1.54, 1.807) is 13.8 Å². The van der Waals surface area contributed by atoms with E-state index in [4.69, 9.17) is 14.2 Å². The summed E-state index contributed by atoms with van der Waals surface area (Å²) in [6.07, 6.45) is 0.157. The molecule has 0 unspecified atom stereocenters. The van der Waals surface area contributed by atoms with Gasteiger partial charge in [0.2, 0.25) is 0 Å². The van der Waals surface area contributed by atoms with Crippen molar-refractivity contribution in [2.45, 2.75) is 109 Å². The Morgan fingerprint density at radius 3 is 2.64 bits per heavy atom. The van der Waals surface area contributed by atoms with Crippen LogP contribution in [0.25, 0.3) is 0 Å². The zero-order valence-electron chi connectivity index (χ0n) is 22.3. The summed E-state index contributed by atoms with van der Waals surface area (Å²) in [6.45, 7) is 13.3. The number of esters is 2. The topological polar surface area (TPSA) is 123 Å². The SMILES string of the molecule is C=C1C[C@H]2O[C@H]([C@@H]3[C@@H]([C@@H](C)CO)CC=C(C)[C@@H]32)[C@](C)(O)[C@@H](OC(=O)[C@@H](CC)OC(=O)CCC)C[C@@H]1O. The van der Waals surface area contributed by atoms with E-state index < -0.39 is 42.0 Å². The second-order valence-corrected chi connectivity index (χ2v) is 11.1. The van der Waals surface area contributed by atoms with Crippen molar-refractivity contribution in [2.24, 2.45) is 23.7 Å². The zero-order valence-corrected chi connectivity index (χ0v) is 22.3. The number of fused-ring (bicyclic) bond motifs is 5. The predicted molar refractivity (Wildman–Crippen MR) is 134 cm³/mol. The second-order valence-electron chi connectivity index (χ2n) is 11.1. The molecule has 2 bridgehead atoms. The Balaban J connectivity index is 1.96. The van der Waals surface area contributed by atoms with Crippen molar-refractivity contribution in [1.29, 1.82) is 0 Å². The Morgan fingerprint density at radius 1 is 1.33 bits per heavy atom. The predicted octanol–water partition coefficient (Wildman–Crippen LogP) is 3.08. The molecule has 2 heterocycles. The van der Waals surface area contributed by atoms with Crippen molar-refractivity contribution in [3.05, 3.63) is 23.8 Å². The Kier molecular flexibility index (Phi) is 9.41. The summed E-state index contributed by atoms with van der Waals surface area (Å²) >= 11 is 0. The van der Waals surface area contributed by atoms with E-state index >= 15 is 0 Å². The first-order valence-corrected chi connectivity index (χ1v) is 13.4. The van der Waals surface area contributed by atoms with Crippen molar-refractivity contribution in [2.75, 3.05) is 6.61 Å². The van der Waals surface area contributed by atoms with E-state index in [-0.39, 0.29) is 55.6 Å². The highest BCUT2D eigenvalue weighted by atomic mass is 16.6. The van der Waals surface area contributed by atoms with E-state index in [0.717, 1.165) is 12.0 Å². The lowest BCUT2D eigenvalue weighted by Gasteiger charge is -2.45. The van der Waals surface area contributed by atoms with Gasteiger partial charge in [-0.25, -0.2) is 4.79 Å². The molecule has 0 radical (unpaired) electrons. The lowest BCUT2D eigenvalue weighted by Crippen LogP contribution is -2.57. The van der Waals surface area contributed by atoms with Crippen LogP contribution in [0.15, 0.2) is 23.8 Å². The summed E-state index contributed by atoms with van der Waals surface area (Å²) < 4.78 is 17.7. The molecular weight excluding hydrogens is 464 g/mol. The first-order chi connectivity index (χ1) is 17.0. The molecule has 204 valence electrons. The van der Waals surface area contributed by atoms with Crippen LogP contribution < -0.4 is 0 Å². The van der Waals surface area contributed by atoms with Crippen molar-refractivity contribution in [3.8, 4) is 0 Å². The van der Waals surface area contributed by atoms with Gasteiger partial charge in [0.1, 0.15) is 11.7 Å². The Morgan fingerprint density at radius 2 is 2.03 bits per heavy atom. The monoisotopic (exact) mass is 508 g/mol. The van der Waals surface area contributed by atoms with Crippen molar-refractivity contribution in [3.63, 3.8) is 0 Å². The molecule has 0 aromatic carbocycles. The molecule has 0 saturated carbocycles. The van der Waals surface area contributed by atoms with Gasteiger partial charge < -0.3 is 29.5 Å². The van der Waals surface area contributed by atoms with E-state index in [9.17, 15) is 24.9 Å². The molecule has 1 aliphatic carbocycles. The van der Waals surface area contributed by atoms with Crippen LogP contribution in [-0.2, 0) is 23.8 Å². The number of carbonyl (C=O) groups excluding carboxylic acids is 2. The molecule has 8 heteroatoms. The maximum absolute atomic E-state index is 13.1. The van der Waals surface area contributed by atoms with Crippen molar-refractivity contribution >= 4 is 11.9 Å². The van der Waals surface area contributed by atoms with Crippen molar-refractivity contribution in [1.82, 2.24) is 0 Å². The maximum atomic E-state index is 13.1. The van der Waals surface area contributed by atoms with Gasteiger partial charge in [0.05, 0.1) is 18.3 Å². The lowest BCUT2D eigenvalue weighted by molar-refractivity contribution is -0.202. The van der Waals surface area contributed by atoms with Gasteiger partial charge in [0.15, 0.2) is 6.10 Å². The van der Waals surface area contributed by atoms with Crippen LogP contribution in [0.3, 0.4) is 0 Å². The minimum atomic E-state index is -1.64. The summed E-state index contributed by atoms with van der Waals surface area (Å²) in [6, 6.07) is 0. The molecule has 3 aliphatic rings. The third-order valence-corrected chi connectivity index (χ3v) is 8.46. The van der Waals surface area contributed by atoms with Crippen LogP contribution in [0, 0.1) is 23.7 Å². The standard InChI is InChI=1S/C28H44O8/c1-7-9-23(31)34-20(8-2)27(32)36-22-13-19(30)16(4)12-21-24-15(3)10-11-18(17(5)14-29)25(24)26(35-21)28(22,6)33/h10,17-22,24-26,29-30,33H,4,7-9,11-14H2,1-3,5-6H3/t17-,18+,19-,20+,21+,22-,24+,25+,26+,28+/m0/s1. The number of allylic oxidation sites excluding steroid dienone is 1. The largest absolute Gasteiger partial charge is 0.456 e. The third-order valence-electron chi connectivity index (χ3n) is 8.46. The molecule has 2 aliphatic heterocycles. The molecule has 10 atom stereocenters. The molecule has 0 spiro atoms. The first-order valence-electron chi connectivity index (χ1n) is 13.4. The number of aliphatic hydroxyl groups is 3. The number of rotatable bonds is 8. The Labute approximate surface area is 214 Å². The van der Waals surface area contributed by atoms with Gasteiger partial charge in [-0.15, -0.1) is 0 Å². The zero-order chi connectivity index (χ0) is 26.8. The Bertz CT molecular complexity index is 848. The van der Waals surface area contributed by atoms with Gasteiger partial charge in [-0.3, -0.25) is 4.79 Å². The number of carbonyl (C=O) groups is 2. The summed E-state index contributed by atoms with van der Waals surface area (Å²) in [7, 11) is 0. The first kappa shape index (κ1) is 28.8. The molecule has 0 aromatic rings. The quantitative estimate of drug-likeness (QED) is 0.338. The Hall–Kier alpha value is -1.74. The van der Waals surface area contributed by atoms with Crippen LogP contribution in [0.4, 0.5) is 0 Å².